The summed E-state index contributed by atoms with van der Waals surface area (Å²) in [5.41, 5.74) is 0. The number of ether oxygens (including phenoxy) is 1. The Morgan fingerprint density at radius 2 is 2.10 bits per heavy atom. The van der Waals surface area contributed by atoms with Gasteiger partial charge in [-0.1, -0.05) is 0 Å². The van der Waals surface area contributed by atoms with Crippen LogP contribution in [0.5, 0.6) is 0 Å². The van der Waals surface area contributed by atoms with Gasteiger partial charge in [0.25, 0.3) is 0 Å². The van der Waals surface area contributed by atoms with E-state index in [4.69, 9.17) is 0 Å². The first-order valence-electron chi connectivity index (χ1n) is 3.31. The van der Waals surface area contributed by atoms with Crippen LogP contribution in [-0.2, 0) is 4.74 Å². The van der Waals surface area contributed by atoms with Crippen molar-refractivity contribution in [3.8, 4) is 0 Å². The van der Waals surface area contributed by atoms with Crippen molar-refractivity contribution in [1.82, 2.24) is 10.2 Å². The lowest BCUT2D eigenvalue weighted by Crippen LogP contribution is -2.43. The predicted octanol–water partition coefficient (Wildman–Crippen LogP) is -0.327. The van der Waals surface area contributed by atoms with Crippen LogP contribution < -0.4 is 5.32 Å². The van der Waals surface area contributed by atoms with Gasteiger partial charge < -0.3 is 9.64 Å². The molecule has 1 saturated heterocycles. The Morgan fingerprint density at radius 3 is 2.60 bits per heavy atom. The van der Waals surface area contributed by atoms with E-state index in [9.17, 15) is 4.79 Å². The van der Waals surface area contributed by atoms with Gasteiger partial charge in [-0.2, -0.15) is 0 Å². The maximum Gasteiger partial charge on any atom is 0.409 e. The van der Waals surface area contributed by atoms with Crippen LogP contribution >= 0.6 is 0 Å². The van der Waals surface area contributed by atoms with Crippen molar-refractivity contribution in [2.24, 2.45) is 0 Å². The minimum atomic E-state index is -0.241. The first-order chi connectivity index (χ1) is 4.84. The molecule has 1 radical (unpaired) electrons. The molecule has 0 bridgehead atoms. The Kier molecular flexibility index (Phi) is 2.50. The maximum atomic E-state index is 10.8. The Bertz CT molecular complexity index is 121. The van der Waals surface area contributed by atoms with E-state index in [0.717, 1.165) is 13.1 Å². The molecule has 0 aromatic rings. The van der Waals surface area contributed by atoms with Crippen LogP contribution in [0.25, 0.3) is 0 Å². The number of rotatable bonds is 0. The highest BCUT2D eigenvalue weighted by molar-refractivity contribution is 5.67. The van der Waals surface area contributed by atoms with E-state index in [1.54, 1.807) is 4.90 Å². The zero-order valence-electron chi connectivity index (χ0n) is 6.04. The normalized spacial score (nSPS) is 18.7. The predicted molar refractivity (Wildman–Crippen MR) is 35.8 cm³/mol. The lowest BCUT2D eigenvalue weighted by Gasteiger charge is -2.24. The van der Waals surface area contributed by atoms with Crippen LogP contribution in [0.3, 0.4) is 0 Å². The van der Waals surface area contributed by atoms with Crippen molar-refractivity contribution in [3.05, 3.63) is 0 Å². The Labute approximate surface area is 60.1 Å². The zero-order valence-corrected chi connectivity index (χ0v) is 6.04. The maximum absolute atomic E-state index is 10.8. The monoisotopic (exact) mass is 143 g/mol. The lowest BCUT2D eigenvalue weighted by atomic mass is 10.4. The van der Waals surface area contributed by atoms with E-state index in [-0.39, 0.29) is 6.09 Å². The molecule has 0 spiro atoms. The molecule has 0 N–H and O–H groups in total. The summed E-state index contributed by atoms with van der Waals surface area (Å²) in [6.07, 6.45) is -0.241. The molecule has 0 aromatic heterocycles. The summed E-state index contributed by atoms with van der Waals surface area (Å²) in [5, 5.41) is 4.09. The summed E-state index contributed by atoms with van der Waals surface area (Å²) in [6.45, 7) is 2.89. The second-order valence-electron chi connectivity index (χ2n) is 2.13. The smallest absolute Gasteiger partial charge is 0.409 e. The summed E-state index contributed by atoms with van der Waals surface area (Å²) < 4.78 is 4.54. The minimum absolute atomic E-state index is 0.241. The molecule has 4 nitrogen and oxygen atoms in total. The van der Waals surface area contributed by atoms with Gasteiger partial charge >= 0.3 is 6.09 Å². The number of hydrogen-bond donors (Lipinski definition) is 0. The molecule has 1 aliphatic heterocycles. The highest BCUT2D eigenvalue weighted by Gasteiger charge is 2.15. The summed E-state index contributed by atoms with van der Waals surface area (Å²) >= 11 is 0. The average molecular weight is 143 g/mol. The highest BCUT2D eigenvalue weighted by Crippen LogP contribution is 1.95. The van der Waals surface area contributed by atoms with Crippen LogP contribution in [0.2, 0.25) is 0 Å². The number of carbonyl (C=O) groups is 1. The molecule has 0 atom stereocenters. The third-order valence-electron chi connectivity index (χ3n) is 1.49. The molecule has 57 valence electrons. The van der Waals surface area contributed by atoms with E-state index < -0.39 is 0 Å². The molecular formula is C6H11N2O2. The van der Waals surface area contributed by atoms with Gasteiger partial charge in [-0.05, 0) is 0 Å². The molecule has 1 heterocycles. The van der Waals surface area contributed by atoms with E-state index in [1.807, 2.05) is 0 Å². The fraction of sp³-hybridized carbons (Fsp3) is 0.833. The summed E-state index contributed by atoms with van der Waals surface area (Å²) in [7, 11) is 1.40. The molecule has 1 amide bonds. The van der Waals surface area contributed by atoms with Crippen LogP contribution in [-0.4, -0.2) is 44.3 Å². The zero-order chi connectivity index (χ0) is 7.40. The van der Waals surface area contributed by atoms with Crippen molar-refractivity contribution in [3.63, 3.8) is 0 Å². The number of piperazine rings is 1. The van der Waals surface area contributed by atoms with E-state index in [1.165, 1.54) is 7.11 Å². The van der Waals surface area contributed by atoms with Gasteiger partial charge in [0, 0.05) is 26.2 Å². The largest absolute Gasteiger partial charge is 0.453 e. The Morgan fingerprint density at radius 1 is 1.50 bits per heavy atom. The van der Waals surface area contributed by atoms with Gasteiger partial charge in [-0.15, -0.1) is 0 Å². The van der Waals surface area contributed by atoms with Gasteiger partial charge in [-0.3, -0.25) is 0 Å². The van der Waals surface area contributed by atoms with Crippen LogP contribution in [0.1, 0.15) is 0 Å². The van der Waals surface area contributed by atoms with Crippen molar-refractivity contribution in [2.75, 3.05) is 33.3 Å². The fourth-order valence-electron chi connectivity index (χ4n) is 0.918. The third kappa shape index (κ3) is 1.60. The standard InChI is InChI=1S/C6H11N2O2/c1-10-6(9)8-4-2-7-3-5-8/h2-5H2,1H3. The topological polar surface area (TPSA) is 43.6 Å². The van der Waals surface area contributed by atoms with Crippen LogP contribution in [0.4, 0.5) is 4.79 Å². The fourth-order valence-corrected chi connectivity index (χ4v) is 0.918. The molecule has 10 heavy (non-hydrogen) atoms. The number of amides is 1. The van der Waals surface area contributed by atoms with Crippen molar-refractivity contribution in [1.29, 1.82) is 0 Å². The minimum Gasteiger partial charge on any atom is -0.453 e. The third-order valence-corrected chi connectivity index (χ3v) is 1.49. The second kappa shape index (κ2) is 3.41. The van der Waals surface area contributed by atoms with Gasteiger partial charge in [0.05, 0.1) is 7.11 Å². The molecule has 4 heteroatoms. The Hall–Kier alpha value is -0.770. The van der Waals surface area contributed by atoms with E-state index >= 15 is 0 Å². The van der Waals surface area contributed by atoms with Crippen LogP contribution in [0, 0.1) is 0 Å². The van der Waals surface area contributed by atoms with E-state index in [2.05, 4.69) is 10.1 Å². The van der Waals surface area contributed by atoms with Gasteiger partial charge in [0.2, 0.25) is 0 Å². The van der Waals surface area contributed by atoms with Gasteiger partial charge in [0.15, 0.2) is 0 Å². The molecule has 0 unspecified atom stereocenters. The van der Waals surface area contributed by atoms with Crippen LogP contribution in [0.15, 0.2) is 0 Å². The summed E-state index contributed by atoms with van der Waals surface area (Å²) in [5.74, 6) is 0. The van der Waals surface area contributed by atoms with Crippen molar-refractivity contribution in [2.45, 2.75) is 0 Å². The van der Waals surface area contributed by atoms with E-state index in [0.29, 0.717) is 13.1 Å². The summed E-state index contributed by atoms with van der Waals surface area (Å²) in [6, 6.07) is 0. The highest BCUT2D eigenvalue weighted by atomic mass is 16.5. The first-order valence-corrected chi connectivity index (χ1v) is 3.31. The first kappa shape index (κ1) is 7.34. The van der Waals surface area contributed by atoms with Crippen molar-refractivity contribution >= 4 is 6.09 Å². The SMILES string of the molecule is COC(=O)N1CC[N]CC1. The van der Waals surface area contributed by atoms with Gasteiger partial charge in [0.1, 0.15) is 0 Å². The number of hydrogen-bond acceptors (Lipinski definition) is 2. The molecule has 1 aliphatic rings. The number of carbonyl (C=O) groups excluding carboxylic acids is 1. The summed E-state index contributed by atoms with van der Waals surface area (Å²) in [4.78, 5) is 12.5. The number of nitrogens with zero attached hydrogens (tertiary/aromatic N) is 2. The lowest BCUT2D eigenvalue weighted by molar-refractivity contribution is 0.118. The van der Waals surface area contributed by atoms with Crippen molar-refractivity contribution < 1.29 is 9.53 Å². The quantitative estimate of drug-likeness (QED) is 0.466. The number of methoxy groups -OCH3 is 1. The molecule has 1 fully saturated rings. The second-order valence-corrected chi connectivity index (χ2v) is 2.13. The Balaban J connectivity index is 2.31. The molecule has 0 aromatic carbocycles. The molecular weight excluding hydrogens is 132 g/mol. The van der Waals surface area contributed by atoms with Gasteiger partial charge in [-0.25, -0.2) is 10.1 Å². The molecule has 0 aliphatic carbocycles. The molecule has 0 saturated carbocycles. The average Bonchev–Trinajstić information content (AvgIpc) is 2.05. The molecule has 1 rings (SSSR count).